The van der Waals surface area contributed by atoms with Gasteiger partial charge in [-0.2, -0.15) is 0 Å². The highest BCUT2D eigenvalue weighted by atomic mass is 32.1. The first kappa shape index (κ1) is 18.2. The van der Waals surface area contributed by atoms with Gasteiger partial charge in [0.25, 0.3) is 0 Å². The van der Waals surface area contributed by atoms with Crippen LogP contribution >= 0.6 is 45.3 Å². The molecule has 0 bridgehead atoms. The zero-order valence-corrected chi connectivity index (χ0v) is 17.8. The van der Waals surface area contributed by atoms with Crippen LogP contribution in [0.1, 0.15) is 57.0 Å². The molecule has 0 unspecified atom stereocenters. The Morgan fingerprint density at radius 1 is 0.500 bits per heavy atom. The molecule has 134 valence electrons. The summed E-state index contributed by atoms with van der Waals surface area (Å²) in [6.45, 7) is 0. The Morgan fingerprint density at radius 2 is 0.808 bits per heavy atom. The molecule has 4 rings (SSSR count). The van der Waals surface area contributed by atoms with Crippen molar-refractivity contribution in [1.82, 2.24) is 0 Å². The fraction of sp³-hybridized carbons (Fsp3) is 0.273. The van der Waals surface area contributed by atoms with Crippen LogP contribution in [0.3, 0.4) is 0 Å². The third-order valence-electron chi connectivity index (χ3n) is 4.78. The third kappa shape index (κ3) is 4.37. The highest BCUT2D eigenvalue weighted by molar-refractivity contribution is 7.12. The molecule has 0 atom stereocenters. The van der Waals surface area contributed by atoms with Gasteiger partial charge in [-0.3, -0.25) is 0 Å². The maximum atomic E-state index is 2.30. The van der Waals surface area contributed by atoms with E-state index < -0.39 is 0 Å². The smallest absolute Gasteiger partial charge is 0.0278 e. The molecule has 0 nitrogen and oxygen atoms in total. The lowest BCUT2D eigenvalue weighted by atomic mass is 9.94. The normalized spacial score (nSPS) is 11.6. The SMILES string of the molecule is c1csc(C(CCCCC(c2cccs2)c2cccs2)c2cccs2)c1. The van der Waals surface area contributed by atoms with Crippen molar-refractivity contribution in [3.8, 4) is 0 Å². The summed E-state index contributed by atoms with van der Waals surface area (Å²) in [5, 5.41) is 8.83. The predicted molar refractivity (Wildman–Crippen MR) is 119 cm³/mol. The molecule has 0 spiro atoms. The van der Waals surface area contributed by atoms with Crippen molar-refractivity contribution < 1.29 is 0 Å². The zero-order valence-electron chi connectivity index (χ0n) is 14.5. The Balaban J connectivity index is 1.38. The van der Waals surface area contributed by atoms with E-state index in [0.29, 0.717) is 11.8 Å². The van der Waals surface area contributed by atoms with Crippen molar-refractivity contribution in [1.29, 1.82) is 0 Å². The van der Waals surface area contributed by atoms with Crippen molar-refractivity contribution in [2.24, 2.45) is 0 Å². The summed E-state index contributed by atoms with van der Waals surface area (Å²) >= 11 is 7.60. The molecule has 0 aliphatic rings. The molecule has 0 radical (unpaired) electrons. The lowest BCUT2D eigenvalue weighted by Crippen LogP contribution is -2.00. The van der Waals surface area contributed by atoms with Crippen LogP contribution in [0.2, 0.25) is 0 Å². The van der Waals surface area contributed by atoms with Gasteiger partial charge in [-0.25, -0.2) is 0 Å². The summed E-state index contributed by atoms with van der Waals surface area (Å²) in [6.07, 6.45) is 5.08. The van der Waals surface area contributed by atoms with Crippen LogP contribution in [-0.2, 0) is 0 Å². The van der Waals surface area contributed by atoms with Crippen molar-refractivity contribution in [2.75, 3.05) is 0 Å². The molecule has 0 saturated heterocycles. The number of hydrogen-bond acceptors (Lipinski definition) is 4. The minimum Gasteiger partial charge on any atom is -0.148 e. The van der Waals surface area contributed by atoms with Gasteiger partial charge >= 0.3 is 0 Å². The van der Waals surface area contributed by atoms with Crippen molar-refractivity contribution in [3.63, 3.8) is 0 Å². The van der Waals surface area contributed by atoms with Gasteiger partial charge in [0.15, 0.2) is 0 Å². The van der Waals surface area contributed by atoms with Gasteiger partial charge in [-0.15, -0.1) is 45.3 Å². The lowest BCUT2D eigenvalue weighted by Gasteiger charge is -2.16. The van der Waals surface area contributed by atoms with E-state index in [0.717, 1.165) is 0 Å². The highest BCUT2D eigenvalue weighted by Gasteiger charge is 2.18. The first-order chi connectivity index (χ1) is 12.9. The van der Waals surface area contributed by atoms with E-state index in [1.54, 1.807) is 0 Å². The fourth-order valence-electron chi connectivity index (χ4n) is 3.50. The van der Waals surface area contributed by atoms with E-state index >= 15 is 0 Å². The first-order valence-corrected chi connectivity index (χ1v) is 12.6. The van der Waals surface area contributed by atoms with Crippen LogP contribution in [-0.4, -0.2) is 0 Å². The summed E-state index contributed by atoms with van der Waals surface area (Å²) in [5.74, 6) is 1.16. The van der Waals surface area contributed by atoms with Crippen LogP contribution in [0.4, 0.5) is 0 Å². The molecule has 0 aliphatic carbocycles. The Morgan fingerprint density at radius 3 is 1.04 bits per heavy atom. The van der Waals surface area contributed by atoms with Gasteiger partial charge in [0, 0.05) is 31.3 Å². The maximum Gasteiger partial charge on any atom is 0.0278 e. The van der Waals surface area contributed by atoms with E-state index in [1.165, 1.54) is 45.2 Å². The van der Waals surface area contributed by atoms with Crippen LogP contribution < -0.4 is 0 Å². The van der Waals surface area contributed by atoms with E-state index in [2.05, 4.69) is 70.1 Å². The minimum atomic E-state index is 0.580. The predicted octanol–water partition coefficient (Wildman–Crippen LogP) is 8.46. The number of thiophene rings is 4. The van der Waals surface area contributed by atoms with Gasteiger partial charge < -0.3 is 0 Å². The van der Waals surface area contributed by atoms with Crippen LogP contribution in [0.15, 0.2) is 70.1 Å². The van der Waals surface area contributed by atoms with Crippen molar-refractivity contribution in [2.45, 2.75) is 37.5 Å². The molecular formula is C22H22S4. The number of unbranched alkanes of at least 4 members (excludes halogenated alkanes) is 1. The Labute approximate surface area is 171 Å². The third-order valence-corrected chi connectivity index (χ3v) is 8.73. The lowest BCUT2D eigenvalue weighted by molar-refractivity contribution is 0.587. The second kappa shape index (κ2) is 9.14. The van der Waals surface area contributed by atoms with Crippen LogP contribution in [0.25, 0.3) is 0 Å². The first-order valence-electron chi connectivity index (χ1n) is 9.05. The van der Waals surface area contributed by atoms with Gasteiger partial charge in [-0.05, 0) is 58.6 Å². The van der Waals surface area contributed by atoms with Crippen molar-refractivity contribution >= 4 is 45.3 Å². The number of hydrogen-bond donors (Lipinski definition) is 0. The van der Waals surface area contributed by atoms with E-state index in [1.807, 2.05) is 45.3 Å². The molecule has 4 heteroatoms. The minimum absolute atomic E-state index is 0.580. The summed E-state index contributed by atoms with van der Waals surface area (Å²) in [5.41, 5.74) is 0. The molecule has 0 aliphatic heterocycles. The van der Waals surface area contributed by atoms with Crippen LogP contribution in [0.5, 0.6) is 0 Å². The molecule has 4 heterocycles. The Bertz CT molecular complexity index is 697. The molecule has 0 N–H and O–H groups in total. The molecular weight excluding hydrogens is 393 g/mol. The second-order valence-electron chi connectivity index (χ2n) is 6.45. The molecule has 0 amide bonds. The van der Waals surface area contributed by atoms with Gasteiger partial charge in [0.1, 0.15) is 0 Å². The van der Waals surface area contributed by atoms with Gasteiger partial charge in [0.2, 0.25) is 0 Å². The molecule has 0 fully saturated rings. The average Bonchev–Trinajstić information content (AvgIpc) is 3.46. The zero-order chi connectivity index (χ0) is 17.6. The van der Waals surface area contributed by atoms with Crippen molar-refractivity contribution in [3.05, 3.63) is 89.6 Å². The van der Waals surface area contributed by atoms with Crippen LogP contribution in [0, 0.1) is 0 Å². The molecule has 4 aromatic rings. The van der Waals surface area contributed by atoms with E-state index in [9.17, 15) is 0 Å². The quantitative estimate of drug-likeness (QED) is 0.241. The van der Waals surface area contributed by atoms with E-state index in [4.69, 9.17) is 0 Å². The fourth-order valence-corrected chi connectivity index (χ4v) is 7.18. The highest BCUT2D eigenvalue weighted by Crippen LogP contribution is 2.38. The number of rotatable bonds is 9. The standard InChI is InChI=1S/C22H22S4/c1(7-17(19-9-3-13-23-19)20-10-4-14-24-20)2-8-18(21-11-5-15-25-21)22-12-6-16-26-22/h3-6,9-18H,1-2,7-8H2. The Hall–Kier alpha value is -1.20. The second-order valence-corrected chi connectivity index (χ2v) is 10.4. The summed E-state index contributed by atoms with van der Waals surface area (Å²) in [6, 6.07) is 17.9. The monoisotopic (exact) mass is 414 g/mol. The maximum absolute atomic E-state index is 2.30. The average molecular weight is 415 g/mol. The summed E-state index contributed by atoms with van der Waals surface area (Å²) < 4.78 is 0. The topological polar surface area (TPSA) is 0 Å². The molecule has 0 aromatic carbocycles. The largest absolute Gasteiger partial charge is 0.148 e. The molecule has 0 saturated carbocycles. The Kier molecular flexibility index (Phi) is 6.39. The summed E-state index contributed by atoms with van der Waals surface area (Å²) in [4.78, 5) is 6.06. The summed E-state index contributed by atoms with van der Waals surface area (Å²) in [7, 11) is 0. The van der Waals surface area contributed by atoms with Gasteiger partial charge in [0.05, 0.1) is 0 Å². The molecule has 26 heavy (non-hydrogen) atoms. The van der Waals surface area contributed by atoms with E-state index in [-0.39, 0.29) is 0 Å². The molecule has 4 aromatic heterocycles. The van der Waals surface area contributed by atoms with Gasteiger partial charge in [-0.1, -0.05) is 37.1 Å².